The van der Waals surface area contributed by atoms with Gasteiger partial charge < -0.3 is 28.8 Å². The van der Waals surface area contributed by atoms with E-state index < -0.39 is 35.0 Å². The molecule has 3 unspecified atom stereocenters. The van der Waals surface area contributed by atoms with Gasteiger partial charge >= 0.3 is 5.97 Å². The highest BCUT2D eigenvalue weighted by molar-refractivity contribution is 6.32. The normalized spacial score (nSPS) is 39.5. The molecule has 1 saturated carbocycles. The van der Waals surface area contributed by atoms with Crippen LogP contribution in [-0.2, 0) is 23.8 Å². The van der Waals surface area contributed by atoms with Crippen molar-refractivity contribution in [2.75, 3.05) is 6.61 Å². The first-order chi connectivity index (χ1) is 18.4. The van der Waals surface area contributed by atoms with E-state index in [1.165, 1.54) is 12.3 Å². The highest BCUT2D eigenvalue weighted by Crippen LogP contribution is 2.54. The van der Waals surface area contributed by atoms with E-state index in [2.05, 4.69) is 11.9 Å². The summed E-state index contributed by atoms with van der Waals surface area (Å²) < 4.78 is 22.3. The second-order valence-corrected chi connectivity index (χ2v) is 12.8. The van der Waals surface area contributed by atoms with Gasteiger partial charge in [-0.05, 0) is 51.0 Å². The molecule has 0 amide bonds. The van der Waals surface area contributed by atoms with Crippen LogP contribution in [0.25, 0.3) is 6.08 Å². The predicted molar refractivity (Wildman–Crippen MR) is 141 cm³/mol. The molecule has 4 heterocycles. The SMILES string of the molecule is Cc1nc(C=C(Cl)[C@@H]2CC3(O)OC3(C)CCC[C@H](C)C[C@H](CC3CO3)C(=O)C3(CCC3)[C@@H](O)CC(=O)O2)co1. The van der Waals surface area contributed by atoms with Crippen LogP contribution in [0.4, 0.5) is 0 Å². The number of esters is 1. The van der Waals surface area contributed by atoms with Gasteiger partial charge in [0.1, 0.15) is 29.4 Å². The van der Waals surface area contributed by atoms with E-state index in [-0.39, 0.29) is 41.6 Å². The predicted octanol–water partition coefficient (Wildman–Crippen LogP) is 4.45. The van der Waals surface area contributed by atoms with E-state index in [1.54, 1.807) is 6.92 Å². The summed E-state index contributed by atoms with van der Waals surface area (Å²) in [6.45, 7) is 6.36. The van der Waals surface area contributed by atoms with Gasteiger partial charge in [-0.15, -0.1) is 0 Å². The van der Waals surface area contributed by atoms with Crippen LogP contribution in [0.1, 0.15) is 89.6 Å². The monoisotopic (exact) mass is 565 g/mol. The topological polar surface area (TPSA) is 135 Å². The van der Waals surface area contributed by atoms with Crippen LogP contribution in [0.2, 0.25) is 0 Å². The molecular formula is C29H40ClNO8. The third kappa shape index (κ3) is 6.12. The van der Waals surface area contributed by atoms with Crippen molar-refractivity contribution in [2.45, 2.75) is 115 Å². The number of oxazole rings is 1. The third-order valence-corrected chi connectivity index (χ3v) is 9.59. The van der Waals surface area contributed by atoms with Crippen molar-refractivity contribution in [3.63, 3.8) is 0 Å². The number of ketones is 1. The summed E-state index contributed by atoms with van der Waals surface area (Å²) >= 11 is 6.61. The molecule has 1 aromatic heterocycles. The zero-order chi connectivity index (χ0) is 28.0. The number of Topliss-reactive ketones (excluding diaryl/α,β-unsaturated/α-hetero) is 1. The highest BCUT2D eigenvalue weighted by Gasteiger charge is 2.67. The number of halogens is 1. The van der Waals surface area contributed by atoms with Crippen LogP contribution in [-0.4, -0.2) is 63.3 Å². The van der Waals surface area contributed by atoms with E-state index in [9.17, 15) is 19.8 Å². The van der Waals surface area contributed by atoms with Gasteiger partial charge in [-0.1, -0.05) is 37.8 Å². The lowest BCUT2D eigenvalue weighted by Gasteiger charge is -2.46. The lowest BCUT2D eigenvalue weighted by Crippen LogP contribution is -2.51. The molecule has 0 aromatic carbocycles. The van der Waals surface area contributed by atoms with E-state index in [0.717, 1.165) is 19.3 Å². The van der Waals surface area contributed by atoms with Gasteiger partial charge in [0.2, 0.25) is 0 Å². The fourth-order valence-electron chi connectivity index (χ4n) is 6.47. The quantitative estimate of drug-likeness (QED) is 0.401. The van der Waals surface area contributed by atoms with Gasteiger partial charge in [0.05, 0.1) is 35.7 Å². The van der Waals surface area contributed by atoms with Gasteiger partial charge in [0, 0.05) is 19.3 Å². The van der Waals surface area contributed by atoms with Crippen molar-refractivity contribution in [1.82, 2.24) is 4.98 Å². The minimum Gasteiger partial charge on any atom is -0.456 e. The van der Waals surface area contributed by atoms with Crippen LogP contribution in [0.15, 0.2) is 15.7 Å². The fourth-order valence-corrected chi connectivity index (χ4v) is 6.70. The Balaban J connectivity index is 1.40. The Hall–Kier alpha value is -1.78. The second-order valence-electron chi connectivity index (χ2n) is 12.3. The molecule has 0 bridgehead atoms. The maximum atomic E-state index is 13.9. The standard InChI is InChI=1S/C29H40ClNO8/c1-17-6-4-7-27(3)29(35,39-27)14-23(22(30)12-20-15-36-18(2)31-20)38-25(33)13-24(32)28(8-5-9-28)26(34)19(10-17)11-21-16-37-21/h12,15,17,19,21,23-24,32,35H,4-11,13-14,16H2,1-3H3/t17-,19+,21?,23-,24-,27?,29?/m0/s1. The Morgan fingerprint density at radius 2 is 2.00 bits per heavy atom. The number of aliphatic hydroxyl groups is 2. The largest absolute Gasteiger partial charge is 0.456 e. The smallest absolute Gasteiger partial charge is 0.309 e. The van der Waals surface area contributed by atoms with Crippen molar-refractivity contribution in [2.24, 2.45) is 17.3 Å². The molecule has 2 N–H and O–H groups in total. The molecule has 4 fully saturated rings. The molecule has 216 valence electrons. The maximum absolute atomic E-state index is 13.9. The Kier molecular flexibility index (Phi) is 8.03. The Labute approximate surface area is 234 Å². The fraction of sp³-hybridized carbons (Fsp3) is 0.759. The number of epoxide rings is 2. The number of ether oxygens (including phenoxy) is 3. The van der Waals surface area contributed by atoms with Crippen molar-refractivity contribution in [3.8, 4) is 0 Å². The molecule has 39 heavy (non-hydrogen) atoms. The molecular weight excluding hydrogens is 526 g/mol. The van der Waals surface area contributed by atoms with Crippen LogP contribution in [0.5, 0.6) is 0 Å². The number of fused-ring (bicyclic) bond motifs is 1. The number of carbonyl (C=O) groups is 2. The number of aliphatic hydroxyl groups excluding tert-OH is 1. The lowest BCUT2D eigenvalue weighted by atomic mass is 9.58. The van der Waals surface area contributed by atoms with Crippen molar-refractivity contribution in [3.05, 3.63) is 22.9 Å². The first-order valence-corrected chi connectivity index (χ1v) is 14.6. The second kappa shape index (κ2) is 10.9. The minimum absolute atomic E-state index is 0.0474. The molecule has 7 atom stereocenters. The molecule has 1 aromatic rings. The number of aryl methyl sites for hydroxylation is 1. The van der Waals surface area contributed by atoms with E-state index in [4.69, 9.17) is 30.2 Å². The van der Waals surface area contributed by atoms with Gasteiger partial charge in [-0.25, -0.2) is 4.98 Å². The number of hydrogen-bond donors (Lipinski definition) is 2. The van der Waals surface area contributed by atoms with Crippen molar-refractivity contribution >= 4 is 29.4 Å². The molecule has 5 rings (SSSR count). The zero-order valence-corrected chi connectivity index (χ0v) is 23.7. The minimum atomic E-state index is -1.51. The Bertz CT molecular complexity index is 1110. The highest BCUT2D eigenvalue weighted by atomic mass is 35.5. The summed E-state index contributed by atoms with van der Waals surface area (Å²) in [7, 11) is 0. The van der Waals surface area contributed by atoms with E-state index in [1.807, 2.05) is 6.92 Å². The molecule has 3 saturated heterocycles. The van der Waals surface area contributed by atoms with Crippen molar-refractivity contribution < 1.29 is 38.4 Å². The molecule has 1 aliphatic carbocycles. The zero-order valence-electron chi connectivity index (χ0n) is 23.0. The Morgan fingerprint density at radius 3 is 2.62 bits per heavy atom. The summed E-state index contributed by atoms with van der Waals surface area (Å²) in [5, 5.41) is 22.7. The van der Waals surface area contributed by atoms with Gasteiger partial charge in [-0.2, -0.15) is 0 Å². The molecule has 0 radical (unpaired) electrons. The van der Waals surface area contributed by atoms with Crippen LogP contribution in [0.3, 0.4) is 0 Å². The number of rotatable bonds is 4. The summed E-state index contributed by atoms with van der Waals surface area (Å²) in [4.78, 5) is 31.3. The van der Waals surface area contributed by atoms with Crippen LogP contribution >= 0.6 is 11.6 Å². The van der Waals surface area contributed by atoms with Crippen LogP contribution in [0, 0.1) is 24.2 Å². The number of hydrogen-bond acceptors (Lipinski definition) is 9. The molecule has 4 aliphatic rings. The van der Waals surface area contributed by atoms with Gasteiger partial charge in [0.15, 0.2) is 11.7 Å². The lowest BCUT2D eigenvalue weighted by molar-refractivity contribution is -0.161. The van der Waals surface area contributed by atoms with E-state index in [0.29, 0.717) is 50.3 Å². The van der Waals surface area contributed by atoms with Gasteiger partial charge in [-0.3, -0.25) is 9.59 Å². The average molecular weight is 566 g/mol. The van der Waals surface area contributed by atoms with Crippen LogP contribution < -0.4 is 0 Å². The van der Waals surface area contributed by atoms with Gasteiger partial charge in [0.25, 0.3) is 0 Å². The summed E-state index contributed by atoms with van der Waals surface area (Å²) in [6, 6.07) is 0. The molecule has 10 heteroatoms. The summed E-state index contributed by atoms with van der Waals surface area (Å²) in [5.74, 6) is -1.66. The van der Waals surface area contributed by atoms with Crippen molar-refractivity contribution in [1.29, 1.82) is 0 Å². The first-order valence-electron chi connectivity index (χ1n) is 14.2. The van der Waals surface area contributed by atoms with E-state index >= 15 is 0 Å². The number of nitrogens with zero attached hydrogens (tertiary/aromatic N) is 1. The molecule has 9 nitrogen and oxygen atoms in total. The third-order valence-electron chi connectivity index (χ3n) is 9.24. The molecule has 3 aliphatic heterocycles. The number of cyclic esters (lactones) is 1. The first kappa shape index (κ1) is 28.7. The summed E-state index contributed by atoms with van der Waals surface area (Å²) in [6.07, 6.45) is 6.04. The molecule has 1 spiro atoms. The number of carbonyl (C=O) groups excluding carboxylic acids is 2. The summed E-state index contributed by atoms with van der Waals surface area (Å²) in [5.41, 5.74) is -1.30. The number of aromatic nitrogens is 1. The average Bonchev–Trinajstić information content (AvgIpc) is 3.68. The Morgan fingerprint density at radius 1 is 1.26 bits per heavy atom. The maximum Gasteiger partial charge on any atom is 0.309 e.